The molecule has 0 radical (unpaired) electrons. The van der Waals surface area contributed by atoms with Crippen molar-refractivity contribution in [2.75, 3.05) is 5.32 Å². The number of hydrogen-bond acceptors (Lipinski definition) is 2. The number of carboxylic acid groups (broad SMARTS) is 1. The van der Waals surface area contributed by atoms with Gasteiger partial charge in [-0.3, -0.25) is 0 Å². The number of anilines is 1. The van der Waals surface area contributed by atoms with E-state index in [-0.39, 0.29) is 11.7 Å². The molecular weight excluding hydrogens is 276 g/mol. The van der Waals surface area contributed by atoms with Gasteiger partial charge in [-0.15, -0.1) is 0 Å². The molecule has 1 aromatic carbocycles. The molecular formula is C16H21F2NO2. The van der Waals surface area contributed by atoms with Gasteiger partial charge in [-0.25, -0.2) is 13.6 Å². The fourth-order valence-electron chi connectivity index (χ4n) is 3.16. The van der Waals surface area contributed by atoms with E-state index in [0.29, 0.717) is 17.9 Å². The number of aromatic carboxylic acids is 1. The Labute approximate surface area is 123 Å². The van der Waals surface area contributed by atoms with Crippen molar-refractivity contribution in [1.29, 1.82) is 0 Å². The van der Waals surface area contributed by atoms with Gasteiger partial charge in [-0.05, 0) is 30.7 Å². The summed E-state index contributed by atoms with van der Waals surface area (Å²) in [6.07, 6.45) is 4.22. The lowest BCUT2D eigenvalue weighted by Crippen LogP contribution is -2.35. The SMILES string of the molecule is CC(C)C1CCCCC1Nc1cc(C(=O)O)c(F)cc1F. The molecule has 0 amide bonds. The predicted molar refractivity (Wildman–Crippen MR) is 77.5 cm³/mol. The largest absolute Gasteiger partial charge is 0.478 e. The maximum atomic E-state index is 13.9. The average molecular weight is 297 g/mol. The van der Waals surface area contributed by atoms with Crippen molar-refractivity contribution >= 4 is 11.7 Å². The summed E-state index contributed by atoms with van der Waals surface area (Å²) in [5, 5.41) is 12.0. The van der Waals surface area contributed by atoms with E-state index in [4.69, 9.17) is 5.11 Å². The molecule has 5 heteroatoms. The number of carbonyl (C=O) groups is 1. The summed E-state index contributed by atoms with van der Waals surface area (Å²) in [5.41, 5.74) is -0.429. The number of hydrogen-bond donors (Lipinski definition) is 2. The number of rotatable bonds is 4. The summed E-state index contributed by atoms with van der Waals surface area (Å²) < 4.78 is 27.3. The van der Waals surface area contributed by atoms with Crippen LogP contribution in [-0.2, 0) is 0 Å². The van der Waals surface area contributed by atoms with Crippen LogP contribution in [0.25, 0.3) is 0 Å². The highest BCUT2D eigenvalue weighted by molar-refractivity contribution is 5.89. The van der Waals surface area contributed by atoms with Crippen molar-refractivity contribution in [3.63, 3.8) is 0 Å². The zero-order valence-electron chi connectivity index (χ0n) is 12.3. The van der Waals surface area contributed by atoms with Gasteiger partial charge in [0.2, 0.25) is 0 Å². The predicted octanol–water partition coefficient (Wildman–Crippen LogP) is 4.29. The molecule has 0 spiro atoms. The molecule has 0 aromatic heterocycles. The topological polar surface area (TPSA) is 49.3 Å². The molecule has 1 aliphatic carbocycles. The third-order valence-electron chi connectivity index (χ3n) is 4.30. The third-order valence-corrected chi connectivity index (χ3v) is 4.30. The molecule has 1 aliphatic rings. The molecule has 2 atom stereocenters. The van der Waals surface area contributed by atoms with E-state index in [1.54, 1.807) is 0 Å². The van der Waals surface area contributed by atoms with Crippen LogP contribution in [0.15, 0.2) is 12.1 Å². The second-order valence-corrected chi connectivity index (χ2v) is 6.06. The van der Waals surface area contributed by atoms with Crippen molar-refractivity contribution < 1.29 is 18.7 Å². The van der Waals surface area contributed by atoms with Gasteiger partial charge in [0.05, 0.1) is 11.3 Å². The van der Waals surface area contributed by atoms with Crippen molar-refractivity contribution in [2.45, 2.75) is 45.6 Å². The fraction of sp³-hybridized carbons (Fsp3) is 0.562. The normalized spacial score (nSPS) is 22.3. The molecule has 116 valence electrons. The highest BCUT2D eigenvalue weighted by Gasteiger charge is 2.28. The highest BCUT2D eigenvalue weighted by Crippen LogP contribution is 2.33. The summed E-state index contributed by atoms with van der Waals surface area (Å²) in [4.78, 5) is 11.0. The van der Waals surface area contributed by atoms with Crippen LogP contribution in [0.1, 0.15) is 49.9 Å². The Hall–Kier alpha value is -1.65. The van der Waals surface area contributed by atoms with Crippen LogP contribution in [0, 0.1) is 23.5 Å². The van der Waals surface area contributed by atoms with Crippen LogP contribution < -0.4 is 5.32 Å². The smallest absolute Gasteiger partial charge is 0.338 e. The minimum absolute atomic E-state index is 0.0753. The van der Waals surface area contributed by atoms with Crippen LogP contribution in [-0.4, -0.2) is 17.1 Å². The van der Waals surface area contributed by atoms with Gasteiger partial charge in [-0.1, -0.05) is 26.7 Å². The molecule has 1 aromatic rings. The number of carboxylic acids is 1. The molecule has 21 heavy (non-hydrogen) atoms. The number of benzene rings is 1. The van der Waals surface area contributed by atoms with Crippen LogP contribution >= 0.6 is 0 Å². The van der Waals surface area contributed by atoms with Crippen LogP contribution in [0.3, 0.4) is 0 Å². The highest BCUT2D eigenvalue weighted by atomic mass is 19.1. The maximum absolute atomic E-state index is 13.9. The minimum atomic E-state index is -1.39. The molecule has 2 unspecified atom stereocenters. The summed E-state index contributed by atoms with van der Waals surface area (Å²) in [5.74, 6) is -2.30. The lowest BCUT2D eigenvalue weighted by Gasteiger charge is -2.35. The van der Waals surface area contributed by atoms with Crippen molar-refractivity contribution in [2.24, 2.45) is 11.8 Å². The average Bonchev–Trinajstić information content (AvgIpc) is 2.41. The Morgan fingerprint density at radius 2 is 1.90 bits per heavy atom. The second kappa shape index (κ2) is 6.41. The van der Waals surface area contributed by atoms with Crippen molar-refractivity contribution in [1.82, 2.24) is 0 Å². The Morgan fingerprint density at radius 3 is 2.52 bits per heavy atom. The molecule has 3 nitrogen and oxygen atoms in total. The summed E-state index contributed by atoms with van der Waals surface area (Å²) in [7, 11) is 0. The molecule has 0 heterocycles. The summed E-state index contributed by atoms with van der Waals surface area (Å²) in [6.45, 7) is 4.27. The quantitative estimate of drug-likeness (QED) is 0.871. The summed E-state index contributed by atoms with van der Waals surface area (Å²) >= 11 is 0. The van der Waals surface area contributed by atoms with Crippen molar-refractivity contribution in [3.8, 4) is 0 Å². The lowest BCUT2D eigenvalue weighted by molar-refractivity contribution is 0.0692. The standard InChI is InChI=1S/C16H21F2NO2/c1-9(2)10-5-3-4-6-14(10)19-15-7-11(16(20)21)12(17)8-13(15)18/h7-10,14,19H,3-6H2,1-2H3,(H,20,21). The van der Waals surface area contributed by atoms with E-state index in [1.807, 2.05) is 0 Å². The number of halogens is 2. The zero-order chi connectivity index (χ0) is 15.6. The monoisotopic (exact) mass is 297 g/mol. The first-order valence-corrected chi connectivity index (χ1v) is 7.39. The van der Waals surface area contributed by atoms with E-state index < -0.39 is 23.2 Å². The molecule has 2 rings (SSSR count). The molecule has 1 saturated carbocycles. The molecule has 1 fully saturated rings. The van der Waals surface area contributed by atoms with E-state index in [0.717, 1.165) is 31.7 Å². The minimum Gasteiger partial charge on any atom is -0.478 e. The van der Waals surface area contributed by atoms with E-state index in [1.165, 1.54) is 0 Å². The van der Waals surface area contributed by atoms with Gasteiger partial charge < -0.3 is 10.4 Å². The maximum Gasteiger partial charge on any atom is 0.338 e. The Morgan fingerprint density at radius 1 is 1.24 bits per heavy atom. The molecule has 0 aliphatic heterocycles. The molecule has 0 bridgehead atoms. The van der Waals surface area contributed by atoms with Gasteiger partial charge in [0.25, 0.3) is 0 Å². The first kappa shape index (κ1) is 15.7. The second-order valence-electron chi connectivity index (χ2n) is 6.06. The lowest BCUT2D eigenvalue weighted by atomic mass is 9.77. The van der Waals surface area contributed by atoms with Gasteiger partial charge in [0, 0.05) is 12.1 Å². The fourth-order valence-corrected chi connectivity index (χ4v) is 3.16. The Bertz CT molecular complexity index is 531. The van der Waals surface area contributed by atoms with E-state index in [2.05, 4.69) is 19.2 Å². The third kappa shape index (κ3) is 3.52. The van der Waals surface area contributed by atoms with Gasteiger partial charge >= 0.3 is 5.97 Å². The van der Waals surface area contributed by atoms with E-state index in [9.17, 15) is 13.6 Å². The Balaban J connectivity index is 2.25. The van der Waals surface area contributed by atoms with Gasteiger partial charge in [-0.2, -0.15) is 0 Å². The van der Waals surface area contributed by atoms with Crippen LogP contribution in [0.5, 0.6) is 0 Å². The first-order valence-electron chi connectivity index (χ1n) is 7.39. The van der Waals surface area contributed by atoms with E-state index >= 15 is 0 Å². The summed E-state index contributed by atoms with van der Waals surface area (Å²) in [6, 6.07) is 1.79. The van der Waals surface area contributed by atoms with Gasteiger partial charge in [0.1, 0.15) is 11.6 Å². The zero-order valence-corrected chi connectivity index (χ0v) is 12.3. The van der Waals surface area contributed by atoms with Crippen LogP contribution in [0.4, 0.5) is 14.5 Å². The molecule has 2 N–H and O–H groups in total. The molecule has 0 saturated heterocycles. The Kier molecular flexibility index (Phi) is 4.80. The van der Waals surface area contributed by atoms with Gasteiger partial charge in [0.15, 0.2) is 0 Å². The number of nitrogens with one attached hydrogen (secondary N) is 1. The first-order chi connectivity index (χ1) is 9.90. The van der Waals surface area contributed by atoms with Crippen molar-refractivity contribution in [3.05, 3.63) is 29.3 Å². The van der Waals surface area contributed by atoms with Crippen LogP contribution in [0.2, 0.25) is 0 Å².